The lowest BCUT2D eigenvalue weighted by Crippen LogP contribution is -2.03. The summed E-state index contributed by atoms with van der Waals surface area (Å²) in [5.74, 6) is 0.774. The lowest BCUT2D eigenvalue weighted by molar-refractivity contribution is 0.103. The van der Waals surface area contributed by atoms with Gasteiger partial charge in [-0.3, -0.25) is 4.79 Å². The molecule has 0 aliphatic rings. The molecule has 19 heavy (non-hydrogen) atoms. The molecule has 2 heteroatoms. The van der Waals surface area contributed by atoms with Crippen LogP contribution in [0, 0.1) is 20.8 Å². The average molecular weight is 254 g/mol. The zero-order valence-electron chi connectivity index (χ0n) is 11.8. The predicted molar refractivity (Wildman–Crippen MR) is 77.1 cm³/mol. The number of rotatable bonds is 3. The van der Waals surface area contributed by atoms with Crippen LogP contribution in [-0.4, -0.2) is 12.9 Å². The van der Waals surface area contributed by atoms with Gasteiger partial charge in [-0.1, -0.05) is 24.3 Å². The molecule has 0 atom stereocenters. The SMILES string of the molecule is COc1cc(C(=O)c2ccc(C)c(C)c2)ccc1C. The highest BCUT2D eigenvalue weighted by molar-refractivity contribution is 6.09. The number of carbonyl (C=O) groups excluding carboxylic acids is 1. The number of methoxy groups -OCH3 is 1. The standard InChI is InChI=1S/C17H18O2/c1-11-5-7-14(9-13(11)3)17(18)15-8-6-12(2)16(10-15)19-4/h5-10H,1-4H3. The van der Waals surface area contributed by atoms with Crippen molar-refractivity contribution in [2.45, 2.75) is 20.8 Å². The molecular formula is C17H18O2. The first-order valence-corrected chi connectivity index (χ1v) is 6.29. The largest absolute Gasteiger partial charge is 0.496 e. The molecule has 2 rings (SSSR count). The first-order chi connectivity index (χ1) is 9.02. The Bertz CT molecular complexity index is 627. The Morgan fingerprint density at radius 3 is 2.00 bits per heavy atom. The van der Waals surface area contributed by atoms with Crippen molar-refractivity contribution in [3.63, 3.8) is 0 Å². The molecule has 0 heterocycles. The molecule has 0 N–H and O–H groups in total. The minimum atomic E-state index is 0.0291. The number of aryl methyl sites for hydroxylation is 3. The number of hydrogen-bond donors (Lipinski definition) is 0. The summed E-state index contributed by atoms with van der Waals surface area (Å²) in [6, 6.07) is 11.3. The molecule has 2 nitrogen and oxygen atoms in total. The summed E-state index contributed by atoms with van der Waals surface area (Å²) in [6.45, 7) is 6.02. The summed E-state index contributed by atoms with van der Waals surface area (Å²) in [5, 5.41) is 0. The van der Waals surface area contributed by atoms with Crippen molar-refractivity contribution in [3.05, 3.63) is 64.2 Å². The molecule has 0 fully saturated rings. The monoisotopic (exact) mass is 254 g/mol. The van der Waals surface area contributed by atoms with E-state index in [1.165, 1.54) is 5.56 Å². The fraction of sp³-hybridized carbons (Fsp3) is 0.235. The minimum Gasteiger partial charge on any atom is -0.496 e. The maximum Gasteiger partial charge on any atom is 0.193 e. The van der Waals surface area contributed by atoms with Crippen molar-refractivity contribution < 1.29 is 9.53 Å². The van der Waals surface area contributed by atoms with Gasteiger partial charge in [0.2, 0.25) is 0 Å². The van der Waals surface area contributed by atoms with Crippen LogP contribution in [0.4, 0.5) is 0 Å². The number of ether oxygens (including phenoxy) is 1. The first-order valence-electron chi connectivity index (χ1n) is 6.29. The Morgan fingerprint density at radius 1 is 0.842 bits per heavy atom. The van der Waals surface area contributed by atoms with E-state index in [0.717, 1.165) is 16.9 Å². The van der Waals surface area contributed by atoms with Crippen LogP contribution in [0.1, 0.15) is 32.6 Å². The third-order valence-corrected chi connectivity index (χ3v) is 3.44. The van der Waals surface area contributed by atoms with E-state index in [1.54, 1.807) is 13.2 Å². The number of benzene rings is 2. The molecule has 2 aromatic rings. The van der Waals surface area contributed by atoms with E-state index in [1.807, 2.05) is 51.1 Å². The van der Waals surface area contributed by atoms with E-state index in [2.05, 4.69) is 0 Å². The lowest BCUT2D eigenvalue weighted by atomic mass is 9.98. The Labute approximate surface area is 114 Å². The number of hydrogen-bond acceptors (Lipinski definition) is 2. The van der Waals surface area contributed by atoms with Crippen molar-refractivity contribution in [2.24, 2.45) is 0 Å². The average Bonchev–Trinajstić information content (AvgIpc) is 2.41. The molecule has 98 valence electrons. The second-order valence-electron chi connectivity index (χ2n) is 4.81. The molecule has 0 radical (unpaired) electrons. The molecule has 0 aromatic heterocycles. The predicted octanol–water partition coefficient (Wildman–Crippen LogP) is 3.85. The van der Waals surface area contributed by atoms with Crippen LogP contribution in [0.2, 0.25) is 0 Å². The van der Waals surface area contributed by atoms with Gasteiger partial charge >= 0.3 is 0 Å². The Hall–Kier alpha value is -2.09. The molecule has 0 saturated heterocycles. The van der Waals surface area contributed by atoms with E-state index in [0.29, 0.717) is 11.1 Å². The Balaban J connectivity index is 2.41. The molecule has 0 aliphatic heterocycles. The van der Waals surface area contributed by atoms with Gasteiger partial charge in [0, 0.05) is 11.1 Å². The topological polar surface area (TPSA) is 26.3 Å². The second kappa shape index (κ2) is 5.27. The van der Waals surface area contributed by atoms with Gasteiger partial charge in [-0.15, -0.1) is 0 Å². The van der Waals surface area contributed by atoms with Gasteiger partial charge in [-0.05, 0) is 49.6 Å². The van der Waals surface area contributed by atoms with Crippen LogP contribution in [-0.2, 0) is 0 Å². The third-order valence-electron chi connectivity index (χ3n) is 3.44. The van der Waals surface area contributed by atoms with Gasteiger partial charge in [-0.2, -0.15) is 0 Å². The molecule has 0 aliphatic carbocycles. The lowest BCUT2D eigenvalue weighted by Gasteiger charge is -2.08. The second-order valence-corrected chi connectivity index (χ2v) is 4.81. The van der Waals surface area contributed by atoms with Crippen molar-refractivity contribution in [1.82, 2.24) is 0 Å². The molecule has 0 amide bonds. The van der Waals surface area contributed by atoms with Crippen molar-refractivity contribution >= 4 is 5.78 Å². The van der Waals surface area contributed by atoms with Gasteiger partial charge in [-0.25, -0.2) is 0 Å². The molecule has 2 aromatic carbocycles. The van der Waals surface area contributed by atoms with Gasteiger partial charge in [0.15, 0.2) is 5.78 Å². The van der Waals surface area contributed by atoms with Crippen molar-refractivity contribution in [3.8, 4) is 5.75 Å². The summed E-state index contributed by atoms with van der Waals surface area (Å²) in [7, 11) is 1.62. The maximum absolute atomic E-state index is 12.4. The van der Waals surface area contributed by atoms with Gasteiger partial charge in [0.1, 0.15) is 5.75 Å². The van der Waals surface area contributed by atoms with Gasteiger partial charge < -0.3 is 4.74 Å². The van der Waals surface area contributed by atoms with Crippen LogP contribution in [0.15, 0.2) is 36.4 Å². The van der Waals surface area contributed by atoms with Crippen LogP contribution in [0.3, 0.4) is 0 Å². The third kappa shape index (κ3) is 2.68. The van der Waals surface area contributed by atoms with E-state index in [9.17, 15) is 4.79 Å². The summed E-state index contributed by atoms with van der Waals surface area (Å²) in [4.78, 5) is 12.4. The van der Waals surface area contributed by atoms with Crippen LogP contribution in [0.25, 0.3) is 0 Å². The van der Waals surface area contributed by atoms with Gasteiger partial charge in [0.25, 0.3) is 0 Å². The normalized spacial score (nSPS) is 10.3. The van der Waals surface area contributed by atoms with E-state index in [4.69, 9.17) is 4.74 Å². The number of carbonyl (C=O) groups is 1. The molecule has 0 unspecified atom stereocenters. The highest BCUT2D eigenvalue weighted by Crippen LogP contribution is 2.21. The van der Waals surface area contributed by atoms with Gasteiger partial charge in [0.05, 0.1) is 7.11 Å². The van der Waals surface area contributed by atoms with Crippen LogP contribution in [0.5, 0.6) is 5.75 Å². The summed E-state index contributed by atoms with van der Waals surface area (Å²) in [5.41, 5.74) is 4.72. The maximum atomic E-state index is 12.4. The molecule has 0 bridgehead atoms. The summed E-state index contributed by atoms with van der Waals surface area (Å²) >= 11 is 0. The fourth-order valence-corrected chi connectivity index (χ4v) is 2.01. The van der Waals surface area contributed by atoms with E-state index in [-0.39, 0.29) is 5.78 Å². The zero-order valence-corrected chi connectivity index (χ0v) is 11.8. The highest BCUT2D eigenvalue weighted by Gasteiger charge is 2.11. The highest BCUT2D eigenvalue weighted by atomic mass is 16.5. The van der Waals surface area contributed by atoms with Crippen LogP contribution < -0.4 is 4.74 Å². The van der Waals surface area contributed by atoms with Crippen LogP contribution >= 0.6 is 0 Å². The molecule has 0 saturated carbocycles. The number of ketones is 1. The first kappa shape index (κ1) is 13.3. The molecular weight excluding hydrogens is 236 g/mol. The Kier molecular flexibility index (Phi) is 3.70. The zero-order chi connectivity index (χ0) is 14.0. The van der Waals surface area contributed by atoms with Crippen molar-refractivity contribution in [2.75, 3.05) is 7.11 Å². The van der Waals surface area contributed by atoms with E-state index < -0.39 is 0 Å². The summed E-state index contributed by atoms with van der Waals surface area (Å²) < 4.78 is 5.26. The van der Waals surface area contributed by atoms with Crippen molar-refractivity contribution in [1.29, 1.82) is 0 Å². The van der Waals surface area contributed by atoms with E-state index >= 15 is 0 Å². The summed E-state index contributed by atoms with van der Waals surface area (Å²) in [6.07, 6.45) is 0. The quantitative estimate of drug-likeness (QED) is 0.778. The fourth-order valence-electron chi connectivity index (χ4n) is 2.01. The smallest absolute Gasteiger partial charge is 0.193 e. The Morgan fingerprint density at radius 2 is 1.42 bits per heavy atom. The minimum absolute atomic E-state index is 0.0291. The molecule has 0 spiro atoms.